The number of carbonyl (C=O) groups excluding carboxylic acids is 2. The molecular weight excluding hydrogens is 311 g/mol. The molecule has 1 unspecified atom stereocenters. The molecule has 1 N–H and O–H groups in total. The molecule has 0 fully saturated rings. The van der Waals surface area contributed by atoms with Gasteiger partial charge in [-0.15, -0.1) is 0 Å². The van der Waals surface area contributed by atoms with E-state index in [2.05, 4.69) is 5.32 Å². The maximum Gasteiger partial charge on any atom is 0.223 e. The number of nitrogens with zero attached hydrogens (tertiary/aromatic N) is 1. The first-order valence-electron chi connectivity index (χ1n) is 6.87. The van der Waals surface area contributed by atoms with Crippen molar-refractivity contribution in [2.75, 3.05) is 11.4 Å². The Morgan fingerprint density at radius 1 is 1.29 bits per heavy atom. The SMILES string of the molecule is CCC(C)NC(=O)CCN(C(C)=O)c1ccc(Cl)c(Cl)c1. The molecule has 0 saturated heterocycles. The number of benzene rings is 1. The minimum atomic E-state index is -0.148. The fraction of sp³-hybridized carbons (Fsp3) is 0.467. The van der Waals surface area contributed by atoms with Crippen LogP contribution in [0.1, 0.15) is 33.6 Å². The molecule has 0 bridgehead atoms. The van der Waals surface area contributed by atoms with Crippen molar-refractivity contribution in [1.29, 1.82) is 0 Å². The van der Waals surface area contributed by atoms with Crippen LogP contribution >= 0.6 is 23.2 Å². The van der Waals surface area contributed by atoms with Crippen LogP contribution in [0, 0.1) is 0 Å². The number of halogens is 2. The number of anilines is 1. The largest absolute Gasteiger partial charge is 0.354 e. The first-order chi connectivity index (χ1) is 9.85. The zero-order valence-corrected chi connectivity index (χ0v) is 14.0. The lowest BCUT2D eigenvalue weighted by atomic mass is 10.2. The molecule has 0 aliphatic heterocycles. The average Bonchev–Trinajstić information content (AvgIpc) is 2.42. The minimum Gasteiger partial charge on any atom is -0.354 e. The van der Waals surface area contributed by atoms with E-state index in [9.17, 15) is 9.59 Å². The Morgan fingerprint density at radius 2 is 1.95 bits per heavy atom. The summed E-state index contributed by atoms with van der Waals surface area (Å²) in [4.78, 5) is 25.1. The summed E-state index contributed by atoms with van der Waals surface area (Å²) in [5.41, 5.74) is 0.633. The fourth-order valence-electron chi connectivity index (χ4n) is 1.78. The van der Waals surface area contributed by atoms with Gasteiger partial charge >= 0.3 is 0 Å². The number of nitrogens with one attached hydrogen (secondary N) is 1. The summed E-state index contributed by atoms with van der Waals surface area (Å²) in [6, 6.07) is 5.10. The molecule has 0 aromatic heterocycles. The summed E-state index contributed by atoms with van der Waals surface area (Å²) >= 11 is 11.8. The van der Waals surface area contributed by atoms with Crippen molar-refractivity contribution in [2.45, 2.75) is 39.7 Å². The number of hydrogen-bond acceptors (Lipinski definition) is 2. The van der Waals surface area contributed by atoms with Gasteiger partial charge in [0.2, 0.25) is 11.8 Å². The third-order valence-corrected chi connectivity index (χ3v) is 3.92. The molecule has 0 saturated carbocycles. The first-order valence-corrected chi connectivity index (χ1v) is 7.63. The van der Waals surface area contributed by atoms with E-state index in [0.717, 1.165) is 6.42 Å². The molecule has 1 aromatic rings. The number of amides is 2. The molecular formula is C15H20Cl2N2O2. The summed E-state index contributed by atoms with van der Waals surface area (Å²) < 4.78 is 0. The minimum absolute atomic E-state index is 0.0735. The van der Waals surface area contributed by atoms with Crippen LogP contribution in [0.3, 0.4) is 0 Å². The Kier molecular flexibility index (Phi) is 6.99. The summed E-state index contributed by atoms with van der Waals surface area (Å²) in [5, 5.41) is 3.68. The highest BCUT2D eigenvalue weighted by molar-refractivity contribution is 6.42. The Labute approximate surface area is 135 Å². The van der Waals surface area contributed by atoms with Crippen LogP contribution in [0.25, 0.3) is 0 Å². The van der Waals surface area contributed by atoms with Crippen molar-refractivity contribution in [2.24, 2.45) is 0 Å². The van der Waals surface area contributed by atoms with Crippen molar-refractivity contribution >= 4 is 40.7 Å². The van der Waals surface area contributed by atoms with Gasteiger partial charge in [-0.3, -0.25) is 9.59 Å². The Bertz CT molecular complexity index is 520. The lowest BCUT2D eigenvalue weighted by molar-refractivity contribution is -0.121. The predicted octanol–water partition coefficient (Wildman–Crippen LogP) is 3.65. The van der Waals surface area contributed by atoms with E-state index in [0.29, 0.717) is 22.3 Å². The van der Waals surface area contributed by atoms with Crippen LogP contribution in [-0.4, -0.2) is 24.4 Å². The van der Waals surface area contributed by atoms with Gasteiger partial charge in [-0.05, 0) is 31.5 Å². The molecule has 0 heterocycles. The standard InChI is InChI=1S/C15H20Cl2N2O2/c1-4-10(2)18-15(21)7-8-19(11(3)20)12-5-6-13(16)14(17)9-12/h5-6,9-10H,4,7-8H2,1-3H3,(H,18,21). The number of rotatable bonds is 6. The van der Waals surface area contributed by atoms with E-state index >= 15 is 0 Å². The molecule has 2 amide bonds. The maximum absolute atomic E-state index is 11.8. The fourth-order valence-corrected chi connectivity index (χ4v) is 2.08. The Balaban J connectivity index is 2.72. The van der Waals surface area contributed by atoms with Crippen molar-refractivity contribution in [3.05, 3.63) is 28.2 Å². The molecule has 1 rings (SSSR count). The quantitative estimate of drug-likeness (QED) is 0.865. The van der Waals surface area contributed by atoms with Crippen molar-refractivity contribution in [3.63, 3.8) is 0 Å². The van der Waals surface area contributed by atoms with E-state index in [-0.39, 0.29) is 24.3 Å². The summed E-state index contributed by atoms with van der Waals surface area (Å²) in [6.45, 7) is 5.70. The van der Waals surface area contributed by atoms with Gasteiger partial charge < -0.3 is 10.2 Å². The Morgan fingerprint density at radius 3 is 2.48 bits per heavy atom. The summed E-state index contributed by atoms with van der Waals surface area (Å²) in [5.74, 6) is -0.222. The summed E-state index contributed by atoms with van der Waals surface area (Å²) in [6.07, 6.45) is 1.11. The zero-order valence-electron chi connectivity index (χ0n) is 12.5. The van der Waals surface area contributed by atoms with E-state index < -0.39 is 0 Å². The maximum atomic E-state index is 11.8. The van der Waals surface area contributed by atoms with E-state index in [1.807, 2.05) is 13.8 Å². The molecule has 0 aliphatic carbocycles. The van der Waals surface area contributed by atoms with Gasteiger partial charge in [0, 0.05) is 31.6 Å². The van der Waals surface area contributed by atoms with Crippen LogP contribution in [-0.2, 0) is 9.59 Å². The van der Waals surface area contributed by atoms with Crippen LogP contribution in [0.2, 0.25) is 10.0 Å². The van der Waals surface area contributed by atoms with E-state index in [4.69, 9.17) is 23.2 Å². The highest BCUT2D eigenvalue weighted by atomic mass is 35.5. The van der Waals surface area contributed by atoms with Crippen LogP contribution in [0.4, 0.5) is 5.69 Å². The molecule has 0 aliphatic rings. The topological polar surface area (TPSA) is 49.4 Å². The van der Waals surface area contributed by atoms with Crippen LogP contribution in [0.5, 0.6) is 0 Å². The van der Waals surface area contributed by atoms with Gasteiger partial charge in [-0.2, -0.15) is 0 Å². The smallest absolute Gasteiger partial charge is 0.223 e. The van der Waals surface area contributed by atoms with E-state index in [1.54, 1.807) is 18.2 Å². The van der Waals surface area contributed by atoms with Gasteiger partial charge in [0.05, 0.1) is 10.0 Å². The summed E-state index contributed by atoms with van der Waals surface area (Å²) in [7, 11) is 0. The monoisotopic (exact) mass is 330 g/mol. The third-order valence-electron chi connectivity index (χ3n) is 3.18. The zero-order chi connectivity index (χ0) is 16.0. The molecule has 21 heavy (non-hydrogen) atoms. The van der Waals surface area contributed by atoms with Gasteiger partial charge in [0.25, 0.3) is 0 Å². The highest BCUT2D eigenvalue weighted by Gasteiger charge is 2.15. The van der Waals surface area contributed by atoms with Gasteiger partial charge in [-0.1, -0.05) is 30.1 Å². The molecule has 116 valence electrons. The second-order valence-electron chi connectivity index (χ2n) is 4.90. The Hall–Kier alpha value is -1.26. The molecule has 6 heteroatoms. The lowest BCUT2D eigenvalue weighted by Gasteiger charge is -2.22. The molecule has 0 spiro atoms. The van der Waals surface area contributed by atoms with E-state index in [1.165, 1.54) is 11.8 Å². The molecule has 4 nitrogen and oxygen atoms in total. The molecule has 0 radical (unpaired) electrons. The number of carbonyl (C=O) groups is 2. The van der Waals surface area contributed by atoms with Gasteiger partial charge in [-0.25, -0.2) is 0 Å². The van der Waals surface area contributed by atoms with Crippen molar-refractivity contribution in [1.82, 2.24) is 5.32 Å². The van der Waals surface area contributed by atoms with Gasteiger partial charge in [0.15, 0.2) is 0 Å². The third kappa shape index (κ3) is 5.56. The second-order valence-corrected chi connectivity index (χ2v) is 5.71. The average molecular weight is 331 g/mol. The second kappa shape index (κ2) is 8.25. The van der Waals surface area contributed by atoms with Gasteiger partial charge in [0.1, 0.15) is 0 Å². The number of hydrogen-bond donors (Lipinski definition) is 1. The van der Waals surface area contributed by atoms with Crippen LogP contribution < -0.4 is 10.2 Å². The molecule has 1 aromatic carbocycles. The normalized spacial score (nSPS) is 11.9. The first kappa shape index (κ1) is 17.8. The lowest BCUT2D eigenvalue weighted by Crippen LogP contribution is -2.36. The van der Waals surface area contributed by atoms with Crippen molar-refractivity contribution < 1.29 is 9.59 Å². The highest BCUT2D eigenvalue weighted by Crippen LogP contribution is 2.27. The molecule has 1 atom stereocenters. The predicted molar refractivity (Wildman–Crippen MR) is 87.0 cm³/mol. The van der Waals surface area contributed by atoms with Crippen molar-refractivity contribution in [3.8, 4) is 0 Å². The van der Waals surface area contributed by atoms with Crippen LogP contribution in [0.15, 0.2) is 18.2 Å².